The number of rotatable bonds is 8. The highest BCUT2D eigenvalue weighted by atomic mass is 35.5. The molecule has 0 unspecified atom stereocenters. The van der Waals surface area contributed by atoms with E-state index in [2.05, 4.69) is 5.32 Å². The Morgan fingerprint density at radius 1 is 1.03 bits per heavy atom. The van der Waals surface area contributed by atoms with Crippen LogP contribution < -0.4 is 19.1 Å². The Hall–Kier alpha value is -3.30. The second-order valence-electron chi connectivity index (χ2n) is 7.06. The van der Waals surface area contributed by atoms with E-state index in [4.69, 9.17) is 21.1 Å². The molecule has 0 fully saturated rings. The monoisotopic (exact) mass is 492 g/mol. The van der Waals surface area contributed by atoms with Crippen molar-refractivity contribution in [2.24, 2.45) is 0 Å². The Kier molecular flexibility index (Phi) is 7.45. The highest BCUT2D eigenvalue weighted by Crippen LogP contribution is 2.37. The van der Waals surface area contributed by atoms with Gasteiger partial charge in [-0.15, -0.1) is 0 Å². The van der Waals surface area contributed by atoms with Gasteiger partial charge in [0.25, 0.3) is 5.91 Å². The summed E-state index contributed by atoms with van der Waals surface area (Å²) >= 11 is 5.81. The number of ether oxygens (including phenoxy) is 2. The van der Waals surface area contributed by atoms with Crippen LogP contribution in [0.1, 0.15) is 15.9 Å². The molecule has 1 N–H and O–H groups in total. The fraction of sp³-hybridized carbons (Fsp3) is 0.174. The van der Waals surface area contributed by atoms with Gasteiger partial charge in [0, 0.05) is 11.8 Å². The molecule has 0 aromatic heterocycles. The molecule has 0 bridgehead atoms. The lowest BCUT2D eigenvalue weighted by Gasteiger charge is -2.26. The fourth-order valence-electron chi connectivity index (χ4n) is 3.16. The zero-order valence-corrected chi connectivity index (χ0v) is 19.7. The number of methoxy groups -OCH3 is 2. The molecule has 3 aromatic rings. The quantitative estimate of drug-likeness (QED) is 0.492. The molecule has 0 saturated carbocycles. The van der Waals surface area contributed by atoms with Gasteiger partial charge in [0.1, 0.15) is 5.82 Å². The number of benzene rings is 3. The predicted molar refractivity (Wildman–Crippen MR) is 126 cm³/mol. The zero-order chi connectivity index (χ0) is 24.2. The van der Waals surface area contributed by atoms with E-state index in [1.165, 1.54) is 38.5 Å². The zero-order valence-electron chi connectivity index (χ0n) is 18.1. The molecule has 1 amide bonds. The Labute approximate surface area is 196 Å². The van der Waals surface area contributed by atoms with E-state index in [1.54, 1.807) is 24.3 Å². The maximum atomic E-state index is 13.5. The average Bonchev–Trinajstić information content (AvgIpc) is 2.79. The minimum atomic E-state index is -3.82. The third-order valence-corrected chi connectivity index (χ3v) is 6.18. The first-order valence-corrected chi connectivity index (χ1v) is 11.9. The highest BCUT2D eigenvalue weighted by Gasteiger charge is 2.26. The molecule has 7 nitrogen and oxygen atoms in total. The minimum absolute atomic E-state index is 0.00875. The van der Waals surface area contributed by atoms with Gasteiger partial charge < -0.3 is 14.8 Å². The second-order valence-corrected chi connectivity index (χ2v) is 9.38. The van der Waals surface area contributed by atoms with Crippen LogP contribution in [0.2, 0.25) is 5.02 Å². The lowest BCUT2D eigenvalue weighted by atomic mass is 10.1. The number of nitrogens with one attached hydrogen (secondary N) is 1. The van der Waals surface area contributed by atoms with E-state index in [-0.39, 0.29) is 40.0 Å². The van der Waals surface area contributed by atoms with Gasteiger partial charge in [-0.05, 0) is 29.8 Å². The standard InChI is InChI=1S/C23H22ClFN2O5S/c1-31-21-12-17(23(28)26-16-9-10-19(25)18(24)11-16)20(13-22(21)32-2)27(33(3,29)30)14-15-7-5-4-6-8-15/h4-13H,14H2,1-3H3,(H,26,28). The van der Waals surface area contributed by atoms with E-state index >= 15 is 0 Å². The summed E-state index contributed by atoms with van der Waals surface area (Å²) in [6, 6.07) is 15.5. The summed E-state index contributed by atoms with van der Waals surface area (Å²) in [4.78, 5) is 13.2. The largest absolute Gasteiger partial charge is 0.493 e. The number of hydrogen-bond donors (Lipinski definition) is 1. The number of anilines is 2. The number of hydrogen-bond acceptors (Lipinski definition) is 5. The first-order valence-electron chi connectivity index (χ1n) is 9.68. The third-order valence-electron chi connectivity index (χ3n) is 4.76. The van der Waals surface area contributed by atoms with E-state index in [0.29, 0.717) is 0 Å². The first kappa shape index (κ1) is 24.3. The Bertz CT molecular complexity index is 1270. The Balaban J connectivity index is 2.13. The molecule has 0 saturated heterocycles. The van der Waals surface area contributed by atoms with Gasteiger partial charge in [0.2, 0.25) is 10.0 Å². The summed E-state index contributed by atoms with van der Waals surface area (Å²) in [5, 5.41) is 2.45. The van der Waals surface area contributed by atoms with Gasteiger partial charge in [-0.2, -0.15) is 0 Å². The van der Waals surface area contributed by atoms with Crippen molar-refractivity contribution in [3.63, 3.8) is 0 Å². The molecule has 0 heterocycles. The van der Waals surface area contributed by atoms with Crippen LogP contribution in [0.25, 0.3) is 0 Å². The van der Waals surface area contributed by atoms with Crippen molar-refractivity contribution in [3.05, 3.63) is 82.6 Å². The van der Waals surface area contributed by atoms with Gasteiger partial charge in [-0.1, -0.05) is 41.9 Å². The van der Waals surface area contributed by atoms with Gasteiger partial charge >= 0.3 is 0 Å². The number of halogens is 2. The van der Waals surface area contributed by atoms with Gasteiger partial charge in [0.15, 0.2) is 11.5 Å². The molecule has 3 rings (SSSR count). The molecule has 10 heteroatoms. The van der Waals surface area contributed by atoms with Gasteiger partial charge in [0.05, 0.1) is 43.3 Å². The van der Waals surface area contributed by atoms with E-state index < -0.39 is 21.7 Å². The number of carbonyl (C=O) groups is 1. The van der Waals surface area contributed by atoms with Crippen molar-refractivity contribution in [1.82, 2.24) is 0 Å². The summed E-state index contributed by atoms with van der Waals surface area (Å²) in [6.07, 6.45) is 1.05. The Morgan fingerprint density at radius 2 is 1.67 bits per heavy atom. The Morgan fingerprint density at radius 3 is 2.24 bits per heavy atom. The SMILES string of the molecule is COc1cc(C(=O)Nc2ccc(F)c(Cl)c2)c(N(Cc2ccccc2)S(C)(=O)=O)cc1OC. The van der Waals surface area contributed by atoms with Crippen LogP contribution in [0.3, 0.4) is 0 Å². The van der Waals surface area contributed by atoms with Crippen LogP contribution in [0, 0.1) is 5.82 Å². The lowest BCUT2D eigenvalue weighted by molar-refractivity contribution is 0.102. The molecular weight excluding hydrogens is 471 g/mol. The van der Waals surface area contributed by atoms with Crippen LogP contribution in [0.4, 0.5) is 15.8 Å². The van der Waals surface area contributed by atoms with Crippen molar-refractivity contribution in [2.75, 3.05) is 30.1 Å². The number of carbonyl (C=O) groups excluding carboxylic acids is 1. The van der Waals surface area contributed by atoms with Crippen molar-refractivity contribution in [3.8, 4) is 11.5 Å². The fourth-order valence-corrected chi connectivity index (χ4v) is 4.23. The van der Waals surface area contributed by atoms with E-state index in [1.807, 2.05) is 6.07 Å². The minimum Gasteiger partial charge on any atom is -0.493 e. The first-order chi connectivity index (χ1) is 15.6. The van der Waals surface area contributed by atoms with Crippen LogP contribution in [0.5, 0.6) is 11.5 Å². The summed E-state index contributed by atoms with van der Waals surface area (Å²) in [6.45, 7) is -0.0161. The van der Waals surface area contributed by atoms with Crippen molar-refractivity contribution >= 4 is 38.9 Å². The molecule has 0 atom stereocenters. The second kappa shape index (κ2) is 10.1. The molecule has 0 aliphatic carbocycles. The molecule has 0 aliphatic heterocycles. The molecule has 174 valence electrons. The average molecular weight is 493 g/mol. The number of sulfonamides is 1. The maximum absolute atomic E-state index is 13.5. The van der Waals surface area contributed by atoms with Crippen LogP contribution in [-0.2, 0) is 16.6 Å². The summed E-state index contributed by atoms with van der Waals surface area (Å²) in [5.41, 5.74) is 1.05. The van der Waals surface area contributed by atoms with Crippen LogP contribution in [0.15, 0.2) is 60.7 Å². The molecule has 0 aliphatic rings. The van der Waals surface area contributed by atoms with Crippen LogP contribution in [-0.4, -0.2) is 34.8 Å². The number of amides is 1. The smallest absolute Gasteiger partial charge is 0.257 e. The third kappa shape index (κ3) is 5.74. The topological polar surface area (TPSA) is 84.9 Å². The molecule has 0 spiro atoms. The lowest BCUT2D eigenvalue weighted by Crippen LogP contribution is -2.31. The number of nitrogens with zero attached hydrogens (tertiary/aromatic N) is 1. The van der Waals surface area contributed by atoms with E-state index in [9.17, 15) is 17.6 Å². The van der Waals surface area contributed by atoms with E-state index in [0.717, 1.165) is 22.2 Å². The normalized spacial score (nSPS) is 11.1. The predicted octanol–water partition coefficient (Wildman–Crippen LogP) is 4.71. The molecular formula is C23H22ClFN2O5S. The molecule has 0 radical (unpaired) electrons. The summed E-state index contributed by atoms with van der Waals surface area (Å²) in [5.74, 6) is -0.796. The molecule has 33 heavy (non-hydrogen) atoms. The van der Waals surface area contributed by atoms with Gasteiger partial charge in [-0.3, -0.25) is 9.10 Å². The summed E-state index contributed by atoms with van der Waals surface area (Å²) < 4.78 is 50.8. The summed E-state index contributed by atoms with van der Waals surface area (Å²) in [7, 11) is -1.01. The van der Waals surface area contributed by atoms with Crippen molar-refractivity contribution in [2.45, 2.75) is 6.54 Å². The van der Waals surface area contributed by atoms with Crippen molar-refractivity contribution < 1.29 is 27.1 Å². The highest BCUT2D eigenvalue weighted by molar-refractivity contribution is 7.92. The van der Waals surface area contributed by atoms with Crippen LogP contribution >= 0.6 is 11.6 Å². The van der Waals surface area contributed by atoms with Gasteiger partial charge in [-0.25, -0.2) is 12.8 Å². The molecule has 3 aromatic carbocycles. The van der Waals surface area contributed by atoms with Crippen molar-refractivity contribution in [1.29, 1.82) is 0 Å². The maximum Gasteiger partial charge on any atom is 0.257 e.